The summed E-state index contributed by atoms with van der Waals surface area (Å²) in [5.41, 5.74) is 2.52. The summed E-state index contributed by atoms with van der Waals surface area (Å²) < 4.78 is 7.98. The number of carbonyl (C=O) groups excluding carboxylic acids is 2. The molecule has 0 spiro atoms. The molecule has 1 aliphatic carbocycles. The molecular formula is C28H48N6O6Si. The summed E-state index contributed by atoms with van der Waals surface area (Å²) in [6, 6.07) is 0.130. The normalized spacial score (nSPS) is 23.1. The van der Waals surface area contributed by atoms with Gasteiger partial charge in [0.15, 0.2) is 0 Å². The number of hydrogen-bond donors (Lipinski definition) is 3. The number of carbonyl (C=O) groups is 2. The summed E-state index contributed by atoms with van der Waals surface area (Å²) in [7, 11) is -1.30. The Hall–Kier alpha value is -2.93. The van der Waals surface area contributed by atoms with E-state index in [-0.39, 0.29) is 42.1 Å². The van der Waals surface area contributed by atoms with Crippen LogP contribution in [0.5, 0.6) is 5.88 Å². The smallest absolute Gasteiger partial charge is 0.334 e. The van der Waals surface area contributed by atoms with Gasteiger partial charge in [0.1, 0.15) is 23.7 Å². The molecule has 2 aliphatic rings. The lowest BCUT2D eigenvalue weighted by Crippen LogP contribution is -2.50. The molecule has 0 aromatic carbocycles. The van der Waals surface area contributed by atoms with E-state index in [1.807, 2.05) is 13.8 Å². The van der Waals surface area contributed by atoms with Crippen LogP contribution in [0.2, 0.25) is 25.7 Å². The Bertz CT molecular complexity index is 1300. The number of hydrogen-bond acceptors (Lipinski definition) is 7. The third-order valence-electron chi connectivity index (χ3n) is 8.36. The van der Waals surface area contributed by atoms with Crippen molar-refractivity contribution in [1.82, 2.24) is 18.9 Å². The molecule has 12 nitrogen and oxygen atoms in total. The molecule has 1 aliphatic heterocycles. The zero-order chi connectivity index (χ0) is 31.1. The van der Waals surface area contributed by atoms with Crippen LogP contribution in [0.15, 0.2) is 9.59 Å². The van der Waals surface area contributed by atoms with Crippen molar-refractivity contribution >= 4 is 25.8 Å². The lowest BCUT2D eigenvalue weighted by molar-refractivity contribution is -0.135. The second kappa shape index (κ2) is 11.7. The van der Waals surface area contributed by atoms with Gasteiger partial charge in [-0.3, -0.25) is 24.1 Å². The largest absolute Gasteiger partial charge is 0.494 e. The molecule has 1 aromatic heterocycles. The second-order valence-corrected chi connectivity index (χ2v) is 19.7. The number of nitrogens with one attached hydrogen (secondary N) is 1. The Kier molecular flexibility index (Phi) is 9.33. The average Bonchev–Trinajstić information content (AvgIpc) is 2.99. The minimum atomic E-state index is -1.30. The maximum atomic E-state index is 13.4. The van der Waals surface area contributed by atoms with E-state index < -0.39 is 42.6 Å². The predicted octanol–water partition coefficient (Wildman–Crippen LogP) is 3.13. The highest BCUT2D eigenvalue weighted by molar-refractivity contribution is 6.76. The van der Waals surface area contributed by atoms with Crippen molar-refractivity contribution in [3.05, 3.63) is 26.4 Å². The van der Waals surface area contributed by atoms with Gasteiger partial charge < -0.3 is 20.5 Å². The van der Waals surface area contributed by atoms with E-state index in [4.69, 9.17) is 15.9 Å². The molecule has 0 unspecified atom stereocenters. The van der Waals surface area contributed by atoms with E-state index in [0.29, 0.717) is 38.8 Å². The predicted molar refractivity (Wildman–Crippen MR) is 160 cm³/mol. The third kappa shape index (κ3) is 6.77. The number of urea groups is 1. The van der Waals surface area contributed by atoms with E-state index >= 15 is 0 Å². The van der Waals surface area contributed by atoms with E-state index in [9.17, 15) is 24.3 Å². The molecule has 4 N–H and O–H groups in total. The summed E-state index contributed by atoms with van der Waals surface area (Å²) in [4.78, 5) is 56.0. The van der Waals surface area contributed by atoms with Crippen molar-refractivity contribution in [3.8, 4) is 5.88 Å². The highest BCUT2D eigenvalue weighted by atomic mass is 28.3. The van der Waals surface area contributed by atoms with Crippen LogP contribution < -0.4 is 17.0 Å². The first-order valence-electron chi connectivity index (χ1n) is 14.4. The van der Waals surface area contributed by atoms with E-state index in [1.165, 1.54) is 4.90 Å². The van der Waals surface area contributed by atoms with Gasteiger partial charge in [-0.15, -0.1) is 0 Å². The van der Waals surface area contributed by atoms with Crippen LogP contribution in [-0.2, 0) is 16.1 Å². The standard InChI is InChI=1S/C28H48N6O6Si/c1-18(2)15-31-22(35)20(21(29)30)23(36)34(26(31)39)19-9-11-28(5,12-10-19)16-33-25(38)32(24(37)27(33,3)4)17-40-13-14-41(6,7)8/h18-19,35H,9-17H2,1-8H3,(H3,29,30). The molecule has 230 valence electrons. The molecule has 13 heteroatoms. The zero-order valence-corrected chi connectivity index (χ0v) is 26.9. The van der Waals surface area contributed by atoms with Gasteiger partial charge in [0.25, 0.3) is 11.5 Å². The Balaban J connectivity index is 1.78. The SMILES string of the molecule is CC(C)Cn1c(O)c(C(=N)N)c(=O)n(C2CCC(C)(CN3C(=O)N(COCC[Si](C)(C)C)C(=O)C3(C)C)CC2)c1=O. The number of ether oxygens (including phenoxy) is 1. The van der Waals surface area contributed by atoms with Crippen molar-refractivity contribution in [2.45, 2.75) is 104 Å². The number of nitrogen functional groups attached to an aromatic ring is 1. The quantitative estimate of drug-likeness (QED) is 0.117. The van der Waals surface area contributed by atoms with Crippen LogP contribution in [0.4, 0.5) is 4.79 Å². The van der Waals surface area contributed by atoms with Gasteiger partial charge >= 0.3 is 11.7 Å². The van der Waals surface area contributed by atoms with Gasteiger partial charge in [-0.05, 0) is 56.9 Å². The van der Waals surface area contributed by atoms with Gasteiger partial charge in [0.05, 0.1) is 0 Å². The Morgan fingerprint density at radius 3 is 2.22 bits per heavy atom. The van der Waals surface area contributed by atoms with E-state index in [2.05, 4.69) is 26.6 Å². The number of aromatic nitrogens is 2. The van der Waals surface area contributed by atoms with Gasteiger partial charge in [-0.1, -0.05) is 40.4 Å². The van der Waals surface area contributed by atoms with Crippen LogP contribution in [0.25, 0.3) is 0 Å². The van der Waals surface area contributed by atoms with Crippen molar-refractivity contribution in [1.29, 1.82) is 5.41 Å². The summed E-state index contributed by atoms with van der Waals surface area (Å²) in [6.07, 6.45) is 2.17. The fourth-order valence-electron chi connectivity index (χ4n) is 5.67. The van der Waals surface area contributed by atoms with Crippen LogP contribution >= 0.6 is 0 Å². The lowest BCUT2D eigenvalue weighted by Gasteiger charge is -2.42. The third-order valence-corrected chi connectivity index (χ3v) is 10.1. The number of aromatic hydroxyl groups is 1. The molecule has 2 fully saturated rings. The van der Waals surface area contributed by atoms with Crippen molar-refractivity contribution in [2.24, 2.45) is 17.1 Å². The molecule has 1 saturated carbocycles. The fourth-order valence-corrected chi connectivity index (χ4v) is 6.43. The number of imide groups is 1. The lowest BCUT2D eigenvalue weighted by atomic mass is 9.73. The number of nitrogens with zero attached hydrogens (tertiary/aromatic N) is 4. The first-order valence-corrected chi connectivity index (χ1v) is 18.2. The first-order chi connectivity index (χ1) is 18.8. The van der Waals surface area contributed by atoms with E-state index in [1.54, 1.807) is 18.7 Å². The summed E-state index contributed by atoms with van der Waals surface area (Å²) in [5, 5.41) is 18.5. The maximum Gasteiger partial charge on any atom is 0.334 e. The zero-order valence-electron chi connectivity index (χ0n) is 25.9. The number of amidine groups is 1. The van der Waals surface area contributed by atoms with Gasteiger partial charge in [-0.2, -0.15) is 0 Å². The summed E-state index contributed by atoms with van der Waals surface area (Å²) >= 11 is 0. The molecule has 3 amide bonds. The van der Waals surface area contributed by atoms with Crippen LogP contribution in [-0.4, -0.2) is 75.3 Å². The minimum absolute atomic E-state index is 0.00776. The van der Waals surface area contributed by atoms with Crippen LogP contribution in [0, 0.1) is 16.7 Å². The fraction of sp³-hybridized carbons (Fsp3) is 0.750. The topological polar surface area (TPSA) is 164 Å². The Morgan fingerprint density at radius 2 is 1.71 bits per heavy atom. The summed E-state index contributed by atoms with van der Waals surface area (Å²) in [6.45, 7) is 17.0. The van der Waals surface area contributed by atoms with Crippen molar-refractivity contribution < 1.29 is 19.4 Å². The molecule has 2 heterocycles. The molecule has 0 atom stereocenters. The second-order valence-electron chi connectivity index (χ2n) is 14.1. The number of nitrogens with two attached hydrogens (primary N) is 1. The average molecular weight is 593 g/mol. The van der Waals surface area contributed by atoms with Crippen molar-refractivity contribution in [2.75, 3.05) is 19.9 Å². The Labute approximate surface area is 243 Å². The molecular weight excluding hydrogens is 544 g/mol. The molecule has 0 radical (unpaired) electrons. The number of amides is 3. The van der Waals surface area contributed by atoms with Gasteiger partial charge in [0.2, 0.25) is 5.88 Å². The molecule has 0 bridgehead atoms. The molecule has 41 heavy (non-hydrogen) atoms. The molecule has 1 saturated heterocycles. The van der Waals surface area contributed by atoms with E-state index in [0.717, 1.165) is 15.2 Å². The monoisotopic (exact) mass is 592 g/mol. The van der Waals surface area contributed by atoms with Crippen molar-refractivity contribution in [3.63, 3.8) is 0 Å². The van der Waals surface area contributed by atoms with Crippen LogP contribution in [0.3, 0.4) is 0 Å². The minimum Gasteiger partial charge on any atom is -0.494 e. The van der Waals surface area contributed by atoms with Gasteiger partial charge in [0, 0.05) is 33.8 Å². The number of rotatable bonds is 11. The van der Waals surface area contributed by atoms with Crippen LogP contribution in [0.1, 0.15) is 71.9 Å². The highest BCUT2D eigenvalue weighted by Crippen LogP contribution is 2.43. The first kappa shape index (κ1) is 32.6. The maximum absolute atomic E-state index is 13.4. The van der Waals surface area contributed by atoms with Gasteiger partial charge in [-0.25, -0.2) is 14.5 Å². The highest BCUT2D eigenvalue weighted by Gasteiger charge is 2.53. The molecule has 1 aromatic rings. The molecule has 3 rings (SSSR count). The summed E-state index contributed by atoms with van der Waals surface area (Å²) in [5.74, 6) is -1.45. The Morgan fingerprint density at radius 1 is 1.12 bits per heavy atom.